The average molecular weight is 336 g/mol. The van der Waals surface area contributed by atoms with Gasteiger partial charge in [-0.1, -0.05) is 12.1 Å². The largest absolute Gasteiger partial charge is 0.468 e. The highest BCUT2D eigenvalue weighted by Crippen LogP contribution is 2.47. The molecule has 1 aromatic carbocycles. The number of aromatic nitrogens is 3. The molecule has 0 radical (unpaired) electrons. The molecule has 0 atom stereocenters. The van der Waals surface area contributed by atoms with E-state index in [1.165, 1.54) is 7.11 Å². The Morgan fingerprint density at radius 2 is 1.96 bits per heavy atom. The van der Waals surface area contributed by atoms with Crippen LogP contribution in [0.2, 0.25) is 0 Å². The van der Waals surface area contributed by atoms with Gasteiger partial charge in [-0.3, -0.25) is 19.0 Å². The predicted octanol–water partition coefficient (Wildman–Crippen LogP) is 2.29. The summed E-state index contributed by atoms with van der Waals surface area (Å²) in [5.74, 6) is -0.783. The van der Waals surface area contributed by atoms with Crippen LogP contribution in [-0.4, -0.2) is 33.4 Å². The average Bonchev–Trinajstić information content (AvgIpc) is 3.36. The summed E-state index contributed by atoms with van der Waals surface area (Å²) in [5.41, 5.74) is 2.29. The van der Waals surface area contributed by atoms with Crippen molar-refractivity contribution in [2.45, 2.75) is 12.8 Å². The molecule has 1 fully saturated rings. The number of ether oxygens (including phenoxy) is 1. The van der Waals surface area contributed by atoms with Gasteiger partial charge in [0.25, 0.3) is 0 Å². The Labute approximate surface area is 143 Å². The first-order chi connectivity index (χ1) is 12.1. The fourth-order valence-electron chi connectivity index (χ4n) is 2.88. The Hall–Kier alpha value is -3.22. The zero-order valence-corrected chi connectivity index (χ0v) is 13.6. The van der Waals surface area contributed by atoms with E-state index in [-0.39, 0.29) is 5.91 Å². The zero-order valence-electron chi connectivity index (χ0n) is 13.6. The van der Waals surface area contributed by atoms with E-state index in [0.29, 0.717) is 18.5 Å². The lowest BCUT2D eigenvalue weighted by atomic mass is 10.1. The molecule has 0 bridgehead atoms. The number of nitrogens with zero attached hydrogens (tertiary/aromatic N) is 3. The van der Waals surface area contributed by atoms with Crippen molar-refractivity contribution >= 4 is 23.2 Å². The van der Waals surface area contributed by atoms with E-state index < -0.39 is 11.4 Å². The van der Waals surface area contributed by atoms with Gasteiger partial charge in [0, 0.05) is 23.6 Å². The molecule has 0 unspecified atom stereocenters. The van der Waals surface area contributed by atoms with Crippen LogP contribution in [0.5, 0.6) is 0 Å². The number of fused-ring (bicyclic) bond motifs is 1. The molecule has 7 nitrogen and oxygen atoms in total. The summed E-state index contributed by atoms with van der Waals surface area (Å²) in [6.07, 6.45) is 8.08. The first-order valence-corrected chi connectivity index (χ1v) is 7.91. The monoisotopic (exact) mass is 336 g/mol. The fraction of sp³-hybridized carbons (Fsp3) is 0.222. The van der Waals surface area contributed by atoms with Gasteiger partial charge in [-0.05, 0) is 25.0 Å². The number of rotatable bonds is 4. The summed E-state index contributed by atoms with van der Waals surface area (Å²) < 4.78 is 6.67. The Bertz CT molecular complexity index is 958. The lowest BCUT2D eigenvalue weighted by molar-refractivity contribution is -0.150. The van der Waals surface area contributed by atoms with Gasteiger partial charge in [0.15, 0.2) is 5.65 Å². The van der Waals surface area contributed by atoms with Gasteiger partial charge in [-0.15, -0.1) is 0 Å². The maximum absolute atomic E-state index is 12.4. The van der Waals surface area contributed by atoms with E-state index in [9.17, 15) is 9.59 Å². The van der Waals surface area contributed by atoms with Crippen molar-refractivity contribution in [3.05, 3.63) is 49.1 Å². The van der Waals surface area contributed by atoms with Gasteiger partial charge in [0.2, 0.25) is 5.91 Å². The number of carbonyl (C=O) groups is 2. The summed E-state index contributed by atoms with van der Waals surface area (Å²) in [4.78, 5) is 32.5. The predicted molar refractivity (Wildman–Crippen MR) is 90.7 cm³/mol. The van der Waals surface area contributed by atoms with Crippen LogP contribution in [0.4, 0.5) is 5.69 Å². The van der Waals surface area contributed by atoms with E-state index in [1.54, 1.807) is 30.7 Å². The number of methoxy groups -OCH3 is 1. The minimum atomic E-state index is -1.01. The van der Waals surface area contributed by atoms with Crippen molar-refractivity contribution < 1.29 is 14.3 Å². The molecule has 0 aliphatic heterocycles. The van der Waals surface area contributed by atoms with Crippen molar-refractivity contribution in [3.63, 3.8) is 0 Å². The minimum absolute atomic E-state index is 0.312. The molecule has 1 N–H and O–H groups in total. The molecule has 4 rings (SSSR count). The van der Waals surface area contributed by atoms with Crippen molar-refractivity contribution in [1.29, 1.82) is 0 Å². The second-order valence-electron chi connectivity index (χ2n) is 6.05. The number of esters is 1. The van der Waals surface area contributed by atoms with Crippen molar-refractivity contribution in [3.8, 4) is 11.3 Å². The van der Waals surface area contributed by atoms with Crippen molar-refractivity contribution in [2.75, 3.05) is 12.4 Å². The molecule has 1 aliphatic carbocycles. The Morgan fingerprint density at radius 1 is 1.20 bits per heavy atom. The van der Waals surface area contributed by atoms with Crippen LogP contribution in [0.25, 0.3) is 16.9 Å². The lowest BCUT2D eigenvalue weighted by Crippen LogP contribution is -2.32. The van der Waals surface area contributed by atoms with Crippen LogP contribution in [0.3, 0.4) is 0 Å². The number of carbonyl (C=O) groups excluding carboxylic acids is 2. The van der Waals surface area contributed by atoms with E-state index >= 15 is 0 Å². The van der Waals surface area contributed by atoms with Gasteiger partial charge in [-0.25, -0.2) is 4.98 Å². The van der Waals surface area contributed by atoms with Crippen LogP contribution in [0.15, 0.2) is 49.1 Å². The van der Waals surface area contributed by atoms with Gasteiger partial charge in [-0.2, -0.15) is 0 Å². The molecule has 1 saturated carbocycles. The smallest absolute Gasteiger partial charge is 0.321 e. The number of amides is 1. The van der Waals surface area contributed by atoms with Crippen LogP contribution < -0.4 is 5.32 Å². The summed E-state index contributed by atoms with van der Waals surface area (Å²) in [5, 5.41) is 2.80. The van der Waals surface area contributed by atoms with Gasteiger partial charge < -0.3 is 10.1 Å². The summed E-state index contributed by atoms with van der Waals surface area (Å²) in [6.45, 7) is 0. The van der Waals surface area contributed by atoms with Gasteiger partial charge >= 0.3 is 5.97 Å². The Kier molecular flexibility index (Phi) is 3.49. The SMILES string of the molecule is COC(=O)C1(C(=O)Nc2ccc(-c3cnc4cnccn34)cc2)CC1. The van der Waals surface area contributed by atoms with Crippen LogP contribution >= 0.6 is 0 Å². The number of imidazole rings is 1. The van der Waals surface area contributed by atoms with Gasteiger partial charge in [0.05, 0.1) is 25.2 Å². The maximum Gasteiger partial charge on any atom is 0.321 e. The van der Waals surface area contributed by atoms with E-state index in [0.717, 1.165) is 16.9 Å². The van der Waals surface area contributed by atoms with Crippen molar-refractivity contribution in [2.24, 2.45) is 5.41 Å². The van der Waals surface area contributed by atoms with Gasteiger partial charge in [0.1, 0.15) is 5.41 Å². The van der Waals surface area contributed by atoms with Crippen LogP contribution in [-0.2, 0) is 14.3 Å². The molecular formula is C18H16N4O3. The van der Waals surface area contributed by atoms with Crippen LogP contribution in [0, 0.1) is 5.41 Å². The molecule has 0 saturated heterocycles. The summed E-state index contributed by atoms with van der Waals surface area (Å²) >= 11 is 0. The molecule has 25 heavy (non-hydrogen) atoms. The Morgan fingerprint density at radius 3 is 2.64 bits per heavy atom. The molecule has 126 valence electrons. The zero-order chi connectivity index (χ0) is 17.4. The molecule has 2 aromatic heterocycles. The molecule has 0 spiro atoms. The lowest BCUT2D eigenvalue weighted by Gasteiger charge is -2.13. The standard InChI is InChI=1S/C18H16N4O3/c1-25-17(24)18(6-7-18)16(23)21-13-4-2-12(3-5-13)14-10-20-15-11-19-8-9-22(14)15/h2-5,8-11H,6-7H2,1H3,(H,21,23). The number of hydrogen-bond acceptors (Lipinski definition) is 5. The van der Waals surface area contributed by atoms with Crippen LogP contribution in [0.1, 0.15) is 12.8 Å². The molecule has 1 aliphatic rings. The number of anilines is 1. The molecule has 1 amide bonds. The molecular weight excluding hydrogens is 320 g/mol. The highest BCUT2D eigenvalue weighted by atomic mass is 16.5. The first-order valence-electron chi connectivity index (χ1n) is 7.91. The highest BCUT2D eigenvalue weighted by molar-refractivity contribution is 6.11. The molecule has 7 heteroatoms. The number of benzene rings is 1. The second kappa shape index (κ2) is 5.70. The normalized spacial score (nSPS) is 14.9. The highest BCUT2D eigenvalue weighted by Gasteiger charge is 2.57. The molecule has 3 aromatic rings. The first kappa shape index (κ1) is 15.3. The third kappa shape index (κ3) is 2.53. The third-order valence-electron chi connectivity index (χ3n) is 4.52. The Balaban J connectivity index is 1.55. The third-order valence-corrected chi connectivity index (χ3v) is 4.52. The second-order valence-corrected chi connectivity index (χ2v) is 6.05. The van der Waals surface area contributed by atoms with E-state index in [2.05, 4.69) is 15.3 Å². The topological polar surface area (TPSA) is 85.6 Å². The fourth-order valence-corrected chi connectivity index (χ4v) is 2.88. The van der Waals surface area contributed by atoms with E-state index in [4.69, 9.17) is 4.74 Å². The summed E-state index contributed by atoms with van der Waals surface area (Å²) in [7, 11) is 1.30. The van der Waals surface area contributed by atoms with E-state index in [1.807, 2.05) is 22.7 Å². The minimum Gasteiger partial charge on any atom is -0.468 e. The summed E-state index contributed by atoms with van der Waals surface area (Å²) in [6, 6.07) is 7.41. The van der Waals surface area contributed by atoms with Crippen molar-refractivity contribution in [1.82, 2.24) is 14.4 Å². The quantitative estimate of drug-likeness (QED) is 0.583. The number of nitrogens with one attached hydrogen (secondary N) is 1. The number of hydrogen-bond donors (Lipinski definition) is 1. The molecule has 2 heterocycles. The maximum atomic E-state index is 12.4.